The molecule has 16 amide bonds. The lowest BCUT2D eigenvalue weighted by Gasteiger charge is -2.29. The van der Waals surface area contributed by atoms with Gasteiger partial charge in [-0.3, -0.25) is 87.5 Å². The third-order valence-electron chi connectivity index (χ3n) is 23.3. The van der Waals surface area contributed by atoms with Crippen molar-refractivity contribution in [3.8, 4) is 5.75 Å². The van der Waals surface area contributed by atoms with Crippen LogP contribution in [-0.4, -0.2) is 317 Å². The number of H-pyrrole nitrogens is 3. The predicted molar refractivity (Wildman–Crippen MR) is 545 cm³/mol. The van der Waals surface area contributed by atoms with Crippen LogP contribution in [0.15, 0.2) is 92.2 Å². The van der Waals surface area contributed by atoms with Crippen molar-refractivity contribution in [2.24, 2.45) is 52.0 Å². The van der Waals surface area contributed by atoms with Crippen LogP contribution in [0, 0.1) is 22.7 Å². The van der Waals surface area contributed by atoms with Crippen molar-refractivity contribution in [2.45, 2.75) is 272 Å². The molecule has 3 aromatic heterocycles. The smallest absolute Gasteiger partial charge is 0.326 e. The number of carbonyl (C=O) groups is 17. The number of nitrogens with two attached hydrogens (primary N) is 7. The van der Waals surface area contributed by atoms with Gasteiger partial charge < -0.3 is 166 Å². The van der Waals surface area contributed by atoms with Gasteiger partial charge in [0, 0.05) is 87.3 Å². The lowest BCUT2D eigenvalue weighted by atomic mass is 10.00. The molecule has 0 spiro atoms. The maximum atomic E-state index is 15.1. The number of phenols is 1. The van der Waals surface area contributed by atoms with E-state index >= 15 is 4.79 Å². The standard InChI is InChI=1S/C94H150N32O21S/c1-52(2)37-67(84(138)116-65(28-29-76(99)130)82(136)117-66(30-36-148-5)83(137)122-72(42-57-45-105-50-110-57)89(143)126-74(47-127)90(144)115-64(23-16-35-108-94(102)103)78(132)113-62(21-11-14-33-97)81(135)124-73(92(146)147)43-58-46-106-51-111-58)119-88(142)71(41-56-44-104-49-109-56)123-91(145)75(48-128)125-85(139)68(38-53(3)4)118-79(133)61(20-10-13-32-96)114-86(140)69(39-54-17-7-6-8-18-54)121-87(141)70(40-55-24-26-59(129)27-25-55)120-80(134)63(22-15-34-107-93(100)101)112-77(131)60(98)19-9-12-31-95/h6-8,17-18,24-27,44-46,49-53,60-75,127-129H,9-16,19-23,28-43,47-48,95-98H2,1-5H3,(H2,99,130)(H,104,109)(H,105,110)(H,106,111)(H,112,131)(H,113,132)(H,114,140)(H,115,144)(H,116,138)(H,117,136)(H,118,133)(H,119,142)(H,120,134)(H,121,141)(H,122,137)(H,123,145)(H,124,135)(H,125,139)(H,126,143)(H,146,147)(H4,100,101,107)(H4,102,103,108)/t60-,61-,62-,63-,64-,65-,66-,67-,68-,69-,70-,71-,72-,73-,74-,75-/m0/s1. The van der Waals surface area contributed by atoms with E-state index in [9.17, 15) is 97.1 Å². The normalized spacial score (nSPS) is 14.4. The molecule has 0 radical (unpaired) electrons. The Kier molecular flexibility index (Phi) is 56.4. The van der Waals surface area contributed by atoms with E-state index < -0.39 is 242 Å². The van der Waals surface area contributed by atoms with Gasteiger partial charge in [0.15, 0.2) is 11.9 Å². The molecule has 54 heteroatoms. The number of primary amides is 1. The van der Waals surface area contributed by atoms with Gasteiger partial charge in [-0.15, -0.1) is 0 Å². The largest absolute Gasteiger partial charge is 0.508 e. The zero-order valence-corrected chi connectivity index (χ0v) is 84.8. The van der Waals surface area contributed by atoms with Crippen LogP contribution < -0.4 is 131 Å². The summed E-state index contributed by atoms with van der Waals surface area (Å²) in [6.45, 7) is 5.38. The quantitative estimate of drug-likeness (QED) is 0.00977. The van der Waals surface area contributed by atoms with Gasteiger partial charge in [0.25, 0.3) is 0 Å². The average molecular weight is 2100 g/mol. The summed E-state index contributed by atoms with van der Waals surface area (Å²) < 4.78 is 0. The third-order valence-corrected chi connectivity index (χ3v) is 24.0. The van der Waals surface area contributed by atoms with Gasteiger partial charge >= 0.3 is 5.97 Å². The van der Waals surface area contributed by atoms with Gasteiger partial charge in [-0.1, -0.05) is 76.6 Å². The number of unbranched alkanes of at least 4 members (excludes halogenated alkanes) is 3. The second-order valence-corrected chi connectivity index (χ2v) is 37.5. The number of aromatic nitrogens is 6. The molecule has 3 heterocycles. The molecule has 0 bridgehead atoms. The molecule has 0 aliphatic rings. The Morgan fingerprint density at radius 1 is 0.351 bits per heavy atom. The number of carboxylic acids is 1. The highest BCUT2D eigenvalue weighted by Crippen LogP contribution is 2.19. The minimum absolute atomic E-state index is 0.00289. The first-order valence-electron chi connectivity index (χ1n) is 49.1. The van der Waals surface area contributed by atoms with Gasteiger partial charge in [0.05, 0.1) is 38.2 Å². The maximum Gasteiger partial charge on any atom is 0.326 e. The molecule has 148 heavy (non-hydrogen) atoms. The summed E-state index contributed by atoms with van der Waals surface area (Å²) in [7, 11) is 0. The zero-order chi connectivity index (χ0) is 109. The van der Waals surface area contributed by atoms with Crippen LogP contribution in [0.2, 0.25) is 0 Å². The molecule has 0 aliphatic carbocycles. The van der Waals surface area contributed by atoms with Crippen molar-refractivity contribution < 1.29 is 102 Å². The van der Waals surface area contributed by atoms with Gasteiger partial charge in [-0.05, 0) is 169 Å². The SMILES string of the molecule is CSCC[C@H](NC(=O)[C@H](CCC(N)=O)NC(=O)[C@H](CC(C)C)NC(=O)[C@H](Cc1cnc[nH]1)NC(=O)[C@H](CO)NC(=O)[C@H](CC(C)C)NC(=O)[C@H](CCCCN)NC(=O)[C@H](Cc1ccccc1)NC(=O)[C@H](Cc1ccc(O)cc1)NC(=O)[C@H](CCCNC(=N)N)NC(=O)[C@@H](N)CCCCN)C(=O)N[C@@H](Cc1cnc[nH]1)C(=O)N[C@@H](CO)C(=O)N[C@@H](CCCNC(=N)N)C(=O)N[C@@H](CCCCN)C(=O)N[C@@H](Cc1cnc[nH]1)C(=O)O. The number of benzene rings is 2. The van der Waals surface area contributed by atoms with Crippen LogP contribution in [0.3, 0.4) is 0 Å². The zero-order valence-electron chi connectivity index (χ0n) is 84.0. The van der Waals surface area contributed by atoms with E-state index in [4.69, 9.17) is 51.0 Å². The van der Waals surface area contributed by atoms with E-state index in [0.717, 1.165) is 0 Å². The summed E-state index contributed by atoms with van der Waals surface area (Å²) in [6.07, 6.45) is 8.97. The number of imidazole rings is 3. The number of thioether (sulfide) groups is 1. The molecular weight excluding hydrogens is 1950 g/mol. The Labute approximate surface area is 861 Å². The number of hydrogen-bond donors (Lipinski definition) is 33. The van der Waals surface area contributed by atoms with E-state index in [0.29, 0.717) is 49.0 Å². The highest BCUT2D eigenvalue weighted by Gasteiger charge is 2.41. The van der Waals surface area contributed by atoms with E-state index in [1.165, 1.54) is 73.6 Å². The number of carbonyl (C=O) groups excluding carboxylic acids is 16. The number of hydrogen-bond acceptors (Lipinski definition) is 30. The molecule has 0 saturated carbocycles. The molecule has 0 aliphatic heterocycles. The average Bonchev–Trinajstić information content (AvgIpc) is 1.20. The minimum Gasteiger partial charge on any atom is -0.508 e. The fourth-order valence-corrected chi connectivity index (χ4v) is 15.8. The Hall–Kier alpha value is -14.5. The van der Waals surface area contributed by atoms with Gasteiger partial charge in [0.2, 0.25) is 94.5 Å². The fourth-order valence-electron chi connectivity index (χ4n) is 15.3. The van der Waals surface area contributed by atoms with E-state index in [-0.39, 0.29) is 164 Å². The number of carboxylic acid groups (broad SMARTS) is 1. The first-order chi connectivity index (χ1) is 70.6. The Balaban J connectivity index is 1.39. The van der Waals surface area contributed by atoms with E-state index in [2.05, 4.69) is 120 Å². The molecular formula is C94H150N32O21S. The highest BCUT2D eigenvalue weighted by molar-refractivity contribution is 7.98. The Bertz CT molecular complexity index is 5030. The van der Waals surface area contributed by atoms with Crippen molar-refractivity contribution >= 4 is 124 Å². The molecule has 5 aromatic rings. The second kappa shape index (κ2) is 67.3. The van der Waals surface area contributed by atoms with Crippen molar-refractivity contribution in [1.29, 1.82) is 10.8 Å². The summed E-state index contributed by atoms with van der Waals surface area (Å²) in [6, 6.07) is -10.6. The molecule has 5 rings (SSSR count). The van der Waals surface area contributed by atoms with Crippen molar-refractivity contribution in [1.82, 2.24) is 120 Å². The molecule has 2 aromatic carbocycles. The molecule has 818 valence electrons. The summed E-state index contributed by atoms with van der Waals surface area (Å²) in [5.41, 5.74) is 42.0. The Morgan fingerprint density at radius 3 is 0.959 bits per heavy atom. The maximum absolute atomic E-state index is 15.1. The predicted octanol–water partition coefficient (Wildman–Crippen LogP) is -7.23. The Morgan fingerprint density at radius 2 is 0.635 bits per heavy atom. The molecule has 0 saturated heterocycles. The first-order valence-corrected chi connectivity index (χ1v) is 50.5. The van der Waals surface area contributed by atoms with Gasteiger partial charge in [-0.25, -0.2) is 19.7 Å². The number of amides is 16. The van der Waals surface area contributed by atoms with Crippen molar-refractivity contribution in [3.05, 3.63) is 120 Å². The van der Waals surface area contributed by atoms with E-state index in [1.807, 2.05) is 0 Å². The molecule has 40 N–H and O–H groups in total. The fraction of sp³-hybridized carbons (Fsp3) is 0.574. The molecule has 0 unspecified atom stereocenters. The topological polar surface area (TPSA) is 891 Å². The number of aromatic amines is 3. The second-order valence-electron chi connectivity index (χ2n) is 36.5. The number of nitrogens with one attached hydrogen (secondary N) is 22. The highest BCUT2D eigenvalue weighted by atomic mass is 32.2. The van der Waals surface area contributed by atoms with Crippen molar-refractivity contribution in [3.63, 3.8) is 0 Å². The van der Waals surface area contributed by atoms with E-state index in [1.54, 1.807) is 64.3 Å². The number of aliphatic carboxylic acids is 1. The number of aliphatic hydroxyl groups is 2. The molecule has 53 nitrogen and oxygen atoms in total. The first kappa shape index (κ1) is 124. The molecule has 0 fully saturated rings. The van der Waals surface area contributed by atoms with Crippen LogP contribution in [0.1, 0.15) is 171 Å². The lowest BCUT2D eigenvalue weighted by molar-refractivity contribution is -0.142. The summed E-state index contributed by atoms with van der Waals surface area (Å²) in [5, 5.41) is 101. The molecule has 16 atom stereocenters. The van der Waals surface area contributed by atoms with Gasteiger partial charge in [0.1, 0.15) is 96.4 Å². The van der Waals surface area contributed by atoms with Crippen LogP contribution >= 0.6 is 11.8 Å². The van der Waals surface area contributed by atoms with Crippen molar-refractivity contribution in [2.75, 3.05) is 57.9 Å². The summed E-state index contributed by atoms with van der Waals surface area (Å²) >= 11 is 1.24. The number of phenolic OH excluding ortho intramolecular Hbond substituents is 1. The van der Waals surface area contributed by atoms with Gasteiger partial charge in [-0.2, -0.15) is 11.8 Å². The number of aromatic hydroxyl groups is 1. The van der Waals surface area contributed by atoms with Crippen LogP contribution in [0.5, 0.6) is 5.75 Å². The lowest BCUT2D eigenvalue weighted by Crippen LogP contribution is -2.62. The monoisotopic (exact) mass is 2100 g/mol. The number of aliphatic hydroxyl groups excluding tert-OH is 2. The van der Waals surface area contributed by atoms with Crippen LogP contribution in [0.25, 0.3) is 0 Å². The summed E-state index contributed by atoms with van der Waals surface area (Å²) in [5.74, 6) is -18.6. The van der Waals surface area contributed by atoms with Crippen LogP contribution in [0.4, 0.5) is 0 Å². The summed E-state index contributed by atoms with van der Waals surface area (Å²) in [4.78, 5) is 264. The number of guanidine groups is 2. The van der Waals surface area contributed by atoms with Crippen LogP contribution in [-0.2, 0) is 114 Å². The number of rotatable bonds is 73. The third kappa shape index (κ3) is 46.9. The minimum atomic E-state index is -1.89. The number of nitrogens with zero attached hydrogens (tertiary/aromatic N) is 3.